The molecule has 0 radical (unpaired) electrons. The van der Waals surface area contributed by atoms with Gasteiger partial charge < -0.3 is 0 Å². The van der Waals surface area contributed by atoms with Crippen LogP contribution in [0.1, 0.15) is 10.5 Å². The zero-order valence-electron chi connectivity index (χ0n) is 8.75. The average molecular weight is 305 g/mol. The summed E-state index contributed by atoms with van der Waals surface area (Å²) in [6, 6.07) is 4.07. The summed E-state index contributed by atoms with van der Waals surface area (Å²) in [6.07, 6.45) is 1.46. The quantitative estimate of drug-likeness (QED) is 0.755. The van der Waals surface area contributed by atoms with Crippen LogP contribution in [-0.2, 0) is 0 Å². The largest absolute Gasteiger partial charge is 0.296 e. The molecule has 0 aliphatic heterocycles. The summed E-state index contributed by atoms with van der Waals surface area (Å²) < 4.78 is 13.2. The molecule has 0 aliphatic carbocycles. The second-order valence-corrected chi connectivity index (χ2v) is 4.70. The average Bonchev–Trinajstić information content (AvgIpc) is 2.28. The molecule has 0 saturated carbocycles. The van der Waals surface area contributed by atoms with Crippen LogP contribution in [0.25, 0.3) is 11.1 Å². The number of aldehydes is 1. The van der Waals surface area contributed by atoms with Gasteiger partial charge in [0.25, 0.3) is 0 Å². The van der Waals surface area contributed by atoms with Crippen LogP contribution in [-0.4, -0.2) is 11.3 Å². The van der Waals surface area contributed by atoms with E-state index in [4.69, 9.17) is 34.8 Å². The molecule has 0 atom stereocenters. The lowest BCUT2D eigenvalue weighted by atomic mass is 10.0. The first-order chi connectivity index (χ1) is 8.52. The highest BCUT2D eigenvalue weighted by Crippen LogP contribution is 2.38. The number of nitrogens with zero attached hydrogens (tertiary/aromatic N) is 1. The van der Waals surface area contributed by atoms with Gasteiger partial charge in [-0.25, -0.2) is 9.37 Å². The maximum Gasteiger partial charge on any atom is 0.169 e. The van der Waals surface area contributed by atoms with Crippen LogP contribution < -0.4 is 0 Å². The van der Waals surface area contributed by atoms with Crippen molar-refractivity contribution < 1.29 is 9.18 Å². The number of carbonyl (C=O) groups excluding carboxylic acids is 1. The van der Waals surface area contributed by atoms with Crippen molar-refractivity contribution in [2.75, 3.05) is 0 Å². The fourth-order valence-electron chi connectivity index (χ4n) is 1.54. The Labute approximate surface area is 117 Å². The molecule has 2 nitrogen and oxygen atoms in total. The molecule has 2 rings (SSSR count). The van der Waals surface area contributed by atoms with Gasteiger partial charge in [0.15, 0.2) is 6.29 Å². The van der Waals surface area contributed by atoms with E-state index in [1.54, 1.807) is 0 Å². The van der Waals surface area contributed by atoms with Gasteiger partial charge in [0.1, 0.15) is 11.5 Å². The lowest BCUT2D eigenvalue weighted by molar-refractivity contribution is 0.111. The predicted octanol–water partition coefficient (Wildman–Crippen LogP) is 4.66. The summed E-state index contributed by atoms with van der Waals surface area (Å²) in [4.78, 5) is 14.6. The molecule has 1 heterocycles. The predicted molar refractivity (Wildman–Crippen MR) is 70.0 cm³/mol. The Morgan fingerprint density at radius 1 is 1.11 bits per heavy atom. The van der Waals surface area contributed by atoms with Crippen molar-refractivity contribution in [1.29, 1.82) is 0 Å². The van der Waals surface area contributed by atoms with E-state index in [0.717, 1.165) is 12.3 Å². The first kappa shape index (κ1) is 13.3. The van der Waals surface area contributed by atoms with Gasteiger partial charge in [-0.2, -0.15) is 0 Å². The third kappa shape index (κ3) is 2.48. The zero-order valence-corrected chi connectivity index (χ0v) is 11.0. The van der Waals surface area contributed by atoms with Crippen LogP contribution in [0.3, 0.4) is 0 Å². The van der Waals surface area contributed by atoms with Gasteiger partial charge in [-0.05, 0) is 18.2 Å². The number of rotatable bonds is 2. The molecule has 2 aromatic rings. The number of halogens is 4. The summed E-state index contributed by atoms with van der Waals surface area (Å²) in [7, 11) is 0. The molecule has 0 aliphatic rings. The van der Waals surface area contributed by atoms with Gasteiger partial charge in [-0.3, -0.25) is 4.79 Å². The summed E-state index contributed by atoms with van der Waals surface area (Å²) in [6.45, 7) is 0. The minimum atomic E-state index is -0.585. The molecule has 0 amide bonds. The Kier molecular flexibility index (Phi) is 3.85. The zero-order chi connectivity index (χ0) is 13.3. The molecular weight excluding hydrogens is 299 g/mol. The van der Waals surface area contributed by atoms with Gasteiger partial charge in [-0.15, -0.1) is 0 Å². The van der Waals surface area contributed by atoms with E-state index in [1.807, 2.05) is 0 Å². The van der Waals surface area contributed by atoms with Crippen molar-refractivity contribution in [2.45, 2.75) is 0 Å². The maximum atomic E-state index is 13.2. The molecule has 0 fully saturated rings. The van der Waals surface area contributed by atoms with E-state index < -0.39 is 5.82 Å². The van der Waals surface area contributed by atoms with Crippen LogP contribution in [0.5, 0.6) is 0 Å². The number of benzene rings is 1. The van der Waals surface area contributed by atoms with E-state index in [-0.39, 0.29) is 21.3 Å². The van der Waals surface area contributed by atoms with Crippen LogP contribution in [0.15, 0.2) is 24.4 Å². The van der Waals surface area contributed by atoms with E-state index in [0.29, 0.717) is 16.9 Å². The van der Waals surface area contributed by atoms with E-state index in [2.05, 4.69) is 4.98 Å². The molecule has 0 N–H and O–H groups in total. The minimum absolute atomic E-state index is 0.0579. The van der Waals surface area contributed by atoms with Gasteiger partial charge in [0, 0.05) is 16.1 Å². The number of hydrogen-bond acceptors (Lipinski definition) is 2. The molecule has 6 heteroatoms. The van der Waals surface area contributed by atoms with Crippen LogP contribution in [0.2, 0.25) is 15.1 Å². The van der Waals surface area contributed by atoms with Gasteiger partial charge in [0.2, 0.25) is 0 Å². The first-order valence-electron chi connectivity index (χ1n) is 4.78. The number of aromatic nitrogens is 1. The maximum absolute atomic E-state index is 13.2. The highest BCUT2D eigenvalue weighted by molar-refractivity contribution is 6.42. The SMILES string of the molecule is O=Cc1ncc(F)cc1-c1c(Cl)cc(Cl)cc1Cl. The Morgan fingerprint density at radius 3 is 2.28 bits per heavy atom. The third-order valence-electron chi connectivity index (χ3n) is 2.27. The second-order valence-electron chi connectivity index (χ2n) is 3.45. The van der Waals surface area contributed by atoms with Crippen LogP contribution in [0, 0.1) is 5.82 Å². The normalized spacial score (nSPS) is 10.4. The van der Waals surface area contributed by atoms with Crippen LogP contribution >= 0.6 is 34.8 Å². The molecule has 0 bridgehead atoms. The fraction of sp³-hybridized carbons (Fsp3) is 0. The van der Waals surface area contributed by atoms with Crippen molar-refractivity contribution >= 4 is 41.1 Å². The smallest absolute Gasteiger partial charge is 0.169 e. The van der Waals surface area contributed by atoms with Crippen molar-refractivity contribution in [2.24, 2.45) is 0 Å². The fourth-order valence-corrected chi connectivity index (χ4v) is 2.56. The van der Waals surface area contributed by atoms with Crippen molar-refractivity contribution in [3.8, 4) is 11.1 Å². The molecule has 18 heavy (non-hydrogen) atoms. The van der Waals surface area contributed by atoms with Gasteiger partial charge in [-0.1, -0.05) is 34.8 Å². The summed E-state index contributed by atoms with van der Waals surface area (Å²) in [5.41, 5.74) is 0.621. The lowest BCUT2D eigenvalue weighted by Gasteiger charge is -2.09. The molecular formula is C12H5Cl3FNO. The van der Waals surface area contributed by atoms with Crippen molar-refractivity contribution in [1.82, 2.24) is 4.98 Å². The van der Waals surface area contributed by atoms with E-state index in [9.17, 15) is 9.18 Å². The van der Waals surface area contributed by atoms with Gasteiger partial charge >= 0.3 is 0 Å². The monoisotopic (exact) mass is 303 g/mol. The molecule has 0 spiro atoms. The molecule has 92 valence electrons. The highest BCUT2D eigenvalue weighted by Gasteiger charge is 2.15. The van der Waals surface area contributed by atoms with Crippen molar-refractivity contribution in [3.05, 3.63) is 51.0 Å². The topological polar surface area (TPSA) is 30.0 Å². The number of pyridine rings is 1. The number of carbonyl (C=O) groups is 1. The first-order valence-corrected chi connectivity index (χ1v) is 5.92. The summed E-state index contributed by atoms with van der Waals surface area (Å²) in [5.74, 6) is -0.585. The molecule has 0 unspecified atom stereocenters. The Hall–Kier alpha value is -1.16. The third-order valence-corrected chi connectivity index (χ3v) is 3.09. The molecule has 1 aromatic carbocycles. The Morgan fingerprint density at radius 2 is 1.72 bits per heavy atom. The Balaban J connectivity index is 2.76. The standard InChI is InChI=1S/C12H5Cl3FNO/c13-6-1-9(14)12(10(15)2-6)8-3-7(16)4-17-11(8)5-18/h1-5H. The van der Waals surface area contributed by atoms with E-state index >= 15 is 0 Å². The Bertz CT molecular complexity index is 608. The lowest BCUT2D eigenvalue weighted by Crippen LogP contribution is -1.95. The molecule has 1 aromatic heterocycles. The summed E-state index contributed by atoms with van der Waals surface area (Å²) >= 11 is 17.8. The second kappa shape index (κ2) is 5.22. The summed E-state index contributed by atoms with van der Waals surface area (Å²) in [5, 5.41) is 0.803. The van der Waals surface area contributed by atoms with Gasteiger partial charge in [0.05, 0.1) is 16.2 Å². The highest BCUT2D eigenvalue weighted by atomic mass is 35.5. The minimum Gasteiger partial charge on any atom is -0.296 e. The molecule has 0 saturated heterocycles. The van der Waals surface area contributed by atoms with Crippen molar-refractivity contribution in [3.63, 3.8) is 0 Å². The van der Waals surface area contributed by atoms with Crippen LogP contribution in [0.4, 0.5) is 4.39 Å². The van der Waals surface area contributed by atoms with E-state index in [1.165, 1.54) is 12.1 Å². The number of hydrogen-bond donors (Lipinski definition) is 0.